The van der Waals surface area contributed by atoms with Gasteiger partial charge >= 0.3 is 0 Å². The molecule has 2 aromatic carbocycles. The minimum atomic E-state index is 0.281. The number of halogens is 1. The minimum absolute atomic E-state index is 0.281. The highest BCUT2D eigenvalue weighted by atomic mass is 35.5. The molecule has 1 aromatic heterocycles. The molecule has 6 heteroatoms. The number of thiazole rings is 1. The maximum Gasteiger partial charge on any atom is 0.222 e. The van der Waals surface area contributed by atoms with E-state index in [2.05, 4.69) is 42.0 Å². The summed E-state index contributed by atoms with van der Waals surface area (Å²) in [5.41, 5.74) is 5.62. The number of likely N-dealkylation sites (tertiary alicyclic amines) is 1. The van der Waals surface area contributed by atoms with Crippen LogP contribution in [0.2, 0.25) is 5.02 Å². The van der Waals surface area contributed by atoms with Crippen LogP contribution in [0.3, 0.4) is 0 Å². The van der Waals surface area contributed by atoms with Crippen LogP contribution in [-0.4, -0.2) is 28.5 Å². The Morgan fingerprint density at radius 1 is 1.10 bits per heavy atom. The average Bonchev–Trinajstić information content (AvgIpc) is 3.32. The van der Waals surface area contributed by atoms with Gasteiger partial charge in [-0.25, -0.2) is 4.99 Å². The zero-order valence-corrected chi connectivity index (χ0v) is 19.0. The van der Waals surface area contributed by atoms with Crippen molar-refractivity contribution in [3.8, 4) is 11.3 Å². The third-order valence-corrected chi connectivity index (χ3v) is 6.62. The number of aromatic nitrogens is 1. The predicted molar refractivity (Wildman–Crippen MR) is 124 cm³/mol. The molecule has 30 heavy (non-hydrogen) atoms. The van der Waals surface area contributed by atoms with Crippen LogP contribution in [0.25, 0.3) is 11.3 Å². The monoisotopic (exact) mass is 439 g/mol. The molecule has 0 aliphatic carbocycles. The zero-order valence-electron chi connectivity index (χ0n) is 17.4. The predicted octanol–water partition coefficient (Wildman–Crippen LogP) is 5.73. The van der Waals surface area contributed by atoms with Gasteiger partial charge in [0.25, 0.3) is 0 Å². The number of aryl methyl sites for hydroxylation is 2. The van der Waals surface area contributed by atoms with E-state index in [1.54, 1.807) is 11.3 Å². The summed E-state index contributed by atoms with van der Waals surface area (Å²) in [5.74, 6) is 0.281. The summed E-state index contributed by atoms with van der Waals surface area (Å²) in [5, 5.41) is 2.89. The molecule has 1 fully saturated rings. The Morgan fingerprint density at radius 2 is 1.90 bits per heavy atom. The summed E-state index contributed by atoms with van der Waals surface area (Å²) in [6, 6.07) is 14.3. The first-order chi connectivity index (χ1) is 14.5. The number of carbonyl (C=O) groups is 1. The molecule has 0 atom stereocenters. The van der Waals surface area contributed by atoms with E-state index in [9.17, 15) is 4.79 Å². The molecular weight excluding hydrogens is 414 g/mol. The summed E-state index contributed by atoms with van der Waals surface area (Å²) < 4.78 is 2.27. The van der Waals surface area contributed by atoms with Crippen LogP contribution < -0.4 is 4.80 Å². The number of amides is 1. The lowest BCUT2D eigenvalue weighted by atomic mass is 10.1. The van der Waals surface area contributed by atoms with Crippen molar-refractivity contribution in [2.24, 2.45) is 4.99 Å². The maximum atomic E-state index is 12.0. The van der Waals surface area contributed by atoms with Crippen molar-refractivity contribution < 1.29 is 4.79 Å². The van der Waals surface area contributed by atoms with E-state index in [1.807, 2.05) is 29.2 Å². The van der Waals surface area contributed by atoms with Gasteiger partial charge in [0, 0.05) is 36.5 Å². The van der Waals surface area contributed by atoms with Crippen molar-refractivity contribution in [3.05, 3.63) is 68.8 Å². The Kier molecular flexibility index (Phi) is 6.40. The molecule has 2 heterocycles. The summed E-state index contributed by atoms with van der Waals surface area (Å²) in [4.78, 5) is 19.9. The SMILES string of the molecule is Cc1ccc(C)c(N=c2scc(-c3ccc(Cl)cc3)n2CCCN2CCCC2=O)c1. The maximum absolute atomic E-state index is 12.0. The molecular formula is C24H26ClN3OS. The van der Waals surface area contributed by atoms with Gasteiger partial charge in [0.2, 0.25) is 5.91 Å². The van der Waals surface area contributed by atoms with Crippen molar-refractivity contribution in [1.82, 2.24) is 9.47 Å². The molecule has 0 unspecified atom stereocenters. The normalized spacial score (nSPS) is 14.7. The number of hydrogen-bond donors (Lipinski definition) is 0. The van der Waals surface area contributed by atoms with Gasteiger partial charge in [-0.05, 0) is 61.6 Å². The molecule has 0 spiro atoms. The van der Waals surface area contributed by atoms with Crippen LogP contribution in [-0.2, 0) is 11.3 Å². The third kappa shape index (κ3) is 4.68. The largest absolute Gasteiger partial charge is 0.343 e. The lowest BCUT2D eigenvalue weighted by Crippen LogP contribution is -2.27. The molecule has 0 bridgehead atoms. The molecule has 1 aliphatic rings. The average molecular weight is 440 g/mol. The Labute approximate surface area is 186 Å². The lowest BCUT2D eigenvalue weighted by molar-refractivity contribution is -0.127. The van der Waals surface area contributed by atoms with Crippen LogP contribution in [0.15, 0.2) is 52.8 Å². The van der Waals surface area contributed by atoms with Crippen molar-refractivity contribution in [2.75, 3.05) is 13.1 Å². The van der Waals surface area contributed by atoms with Crippen LogP contribution >= 0.6 is 22.9 Å². The summed E-state index contributed by atoms with van der Waals surface area (Å²) in [7, 11) is 0. The van der Waals surface area contributed by atoms with Gasteiger partial charge < -0.3 is 9.47 Å². The highest BCUT2D eigenvalue weighted by molar-refractivity contribution is 7.07. The van der Waals surface area contributed by atoms with Crippen molar-refractivity contribution in [2.45, 2.75) is 39.7 Å². The van der Waals surface area contributed by atoms with E-state index in [-0.39, 0.29) is 5.91 Å². The van der Waals surface area contributed by atoms with Gasteiger partial charge in [-0.15, -0.1) is 11.3 Å². The standard InChI is InChI=1S/C24H26ClN3OS/c1-17-6-7-18(2)21(15-17)26-24-28(14-4-13-27-12-3-5-23(27)29)22(16-30-24)19-8-10-20(25)11-9-19/h6-11,15-16H,3-5,12-14H2,1-2H3. The highest BCUT2D eigenvalue weighted by Crippen LogP contribution is 2.24. The van der Waals surface area contributed by atoms with Crippen molar-refractivity contribution in [1.29, 1.82) is 0 Å². The summed E-state index contributed by atoms with van der Waals surface area (Å²) in [6.45, 7) is 6.68. The molecule has 3 aromatic rings. The quantitative estimate of drug-likeness (QED) is 0.483. The number of hydrogen-bond acceptors (Lipinski definition) is 3. The van der Waals surface area contributed by atoms with E-state index in [0.717, 1.165) is 64.8 Å². The fraction of sp³-hybridized carbons (Fsp3) is 0.333. The first-order valence-corrected chi connectivity index (χ1v) is 11.6. The molecule has 1 amide bonds. The fourth-order valence-electron chi connectivity index (χ4n) is 3.79. The molecule has 1 saturated heterocycles. The molecule has 156 valence electrons. The van der Waals surface area contributed by atoms with Gasteiger partial charge in [-0.1, -0.05) is 35.9 Å². The first kappa shape index (κ1) is 20.9. The van der Waals surface area contributed by atoms with Crippen LogP contribution in [0.1, 0.15) is 30.4 Å². The summed E-state index contributed by atoms with van der Waals surface area (Å²) >= 11 is 7.74. The van der Waals surface area contributed by atoms with E-state index in [1.165, 1.54) is 5.56 Å². The van der Waals surface area contributed by atoms with Gasteiger partial charge in [-0.2, -0.15) is 0 Å². The molecule has 4 nitrogen and oxygen atoms in total. The second kappa shape index (κ2) is 9.19. The topological polar surface area (TPSA) is 37.6 Å². The molecule has 1 aliphatic heterocycles. The molecule has 4 rings (SSSR count). The smallest absolute Gasteiger partial charge is 0.222 e. The highest BCUT2D eigenvalue weighted by Gasteiger charge is 2.19. The van der Waals surface area contributed by atoms with Gasteiger partial charge in [0.1, 0.15) is 0 Å². The lowest BCUT2D eigenvalue weighted by Gasteiger charge is -2.16. The number of benzene rings is 2. The summed E-state index contributed by atoms with van der Waals surface area (Å²) in [6.07, 6.45) is 2.57. The molecule has 0 N–H and O–H groups in total. The van der Waals surface area contributed by atoms with Gasteiger partial charge in [0.05, 0.1) is 11.4 Å². The number of nitrogens with zero attached hydrogens (tertiary/aromatic N) is 3. The van der Waals surface area contributed by atoms with Crippen LogP contribution in [0.4, 0.5) is 5.69 Å². The van der Waals surface area contributed by atoms with Crippen molar-refractivity contribution in [3.63, 3.8) is 0 Å². The molecule has 0 radical (unpaired) electrons. The van der Waals surface area contributed by atoms with E-state index >= 15 is 0 Å². The molecule has 0 saturated carbocycles. The van der Waals surface area contributed by atoms with Gasteiger partial charge in [0.15, 0.2) is 4.80 Å². The van der Waals surface area contributed by atoms with Crippen LogP contribution in [0.5, 0.6) is 0 Å². The third-order valence-electron chi connectivity index (χ3n) is 5.50. The Balaban J connectivity index is 1.68. The van der Waals surface area contributed by atoms with E-state index in [0.29, 0.717) is 6.42 Å². The second-order valence-electron chi connectivity index (χ2n) is 7.80. The zero-order chi connectivity index (χ0) is 21.1. The van der Waals surface area contributed by atoms with Gasteiger partial charge in [-0.3, -0.25) is 4.79 Å². The fourth-order valence-corrected chi connectivity index (χ4v) is 4.86. The van der Waals surface area contributed by atoms with Crippen LogP contribution in [0, 0.1) is 13.8 Å². The van der Waals surface area contributed by atoms with E-state index < -0.39 is 0 Å². The Morgan fingerprint density at radius 3 is 2.63 bits per heavy atom. The minimum Gasteiger partial charge on any atom is -0.343 e. The first-order valence-electron chi connectivity index (χ1n) is 10.4. The Hall–Kier alpha value is -2.37. The Bertz CT molecular complexity index is 1110. The second-order valence-corrected chi connectivity index (χ2v) is 9.07. The van der Waals surface area contributed by atoms with Crippen molar-refractivity contribution >= 4 is 34.5 Å². The number of rotatable bonds is 6. The number of carbonyl (C=O) groups excluding carboxylic acids is 1. The van der Waals surface area contributed by atoms with E-state index in [4.69, 9.17) is 16.6 Å².